The lowest BCUT2D eigenvalue weighted by atomic mass is 9.89. The van der Waals surface area contributed by atoms with Gasteiger partial charge in [0.05, 0.1) is 12.2 Å². The standard InChI is InChI=1S/C27H26F3N5O6S/c1-16-12-19(35-22(36)15-31-25(35)38)13-17(2)21(16)6-11-42(39,40)34-9-7-26(8-10-34)24(37)32-23(33-26)18-4-3-5-20(14-18)41-27(28,29)30/h3-6,11-14H,7-10,15H2,1-2H3,(H,31,38)(H,32,33,37)/b11-6+. The normalized spacial score (nSPS) is 19.4. The Morgan fingerprint density at radius 1 is 1.05 bits per heavy atom. The third-order valence-electron chi connectivity index (χ3n) is 7.32. The molecule has 2 fully saturated rings. The Labute approximate surface area is 239 Å². The number of alkyl halides is 3. The van der Waals surface area contributed by atoms with Gasteiger partial charge in [0.25, 0.3) is 11.8 Å². The fraction of sp³-hybridized carbons (Fsp3) is 0.333. The molecule has 42 heavy (non-hydrogen) atoms. The second-order valence-corrected chi connectivity index (χ2v) is 12.0. The van der Waals surface area contributed by atoms with E-state index < -0.39 is 39.6 Å². The lowest BCUT2D eigenvalue weighted by Crippen LogP contribution is -2.50. The number of piperidine rings is 1. The number of ether oxygens (including phenoxy) is 1. The van der Waals surface area contributed by atoms with E-state index in [0.29, 0.717) is 22.4 Å². The molecule has 222 valence electrons. The first-order chi connectivity index (χ1) is 19.7. The number of halogens is 3. The monoisotopic (exact) mass is 605 g/mol. The number of aryl methyl sites for hydroxylation is 2. The number of sulfonamides is 1. The molecule has 2 saturated heterocycles. The number of amides is 4. The number of aliphatic imine (C=N–C) groups is 1. The molecule has 3 aliphatic heterocycles. The number of imide groups is 1. The van der Waals surface area contributed by atoms with Crippen LogP contribution in [0.3, 0.4) is 0 Å². The number of hydrogen-bond donors (Lipinski definition) is 2. The fourth-order valence-corrected chi connectivity index (χ4v) is 6.38. The quantitative estimate of drug-likeness (QED) is 0.486. The fourth-order valence-electron chi connectivity index (χ4n) is 5.21. The van der Waals surface area contributed by atoms with Gasteiger partial charge >= 0.3 is 12.4 Å². The Hall–Kier alpha value is -4.24. The van der Waals surface area contributed by atoms with Gasteiger partial charge in [-0.3, -0.25) is 14.6 Å². The molecule has 0 radical (unpaired) electrons. The Balaban J connectivity index is 1.29. The molecule has 0 aromatic heterocycles. The highest BCUT2D eigenvalue weighted by Crippen LogP contribution is 2.33. The van der Waals surface area contributed by atoms with Gasteiger partial charge in [0.1, 0.15) is 17.1 Å². The summed E-state index contributed by atoms with van der Waals surface area (Å²) in [5.74, 6) is -1.21. The summed E-state index contributed by atoms with van der Waals surface area (Å²) in [6, 6.07) is 7.81. The van der Waals surface area contributed by atoms with Crippen LogP contribution in [0.2, 0.25) is 0 Å². The van der Waals surface area contributed by atoms with Crippen molar-refractivity contribution >= 4 is 45.5 Å². The van der Waals surface area contributed by atoms with Gasteiger partial charge in [0.15, 0.2) is 0 Å². The maximum atomic E-state index is 13.2. The Bertz CT molecular complexity index is 1610. The molecule has 1 spiro atoms. The van der Waals surface area contributed by atoms with Crippen molar-refractivity contribution in [2.45, 2.75) is 38.6 Å². The number of urea groups is 1. The highest BCUT2D eigenvalue weighted by Gasteiger charge is 2.47. The number of carbonyl (C=O) groups is 3. The third kappa shape index (κ3) is 5.74. The molecule has 5 rings (SSSR count). The zero-order chi connectivity index (χ0) is 30.4. The second-order valence-electron chi connectivity index (χ2n) is 10.1. The van der Waals surface area contributed by atoms with Gasteiger partial charge in [-0.1, -0.05) is 12.1 Å². The van der Waals surface area contributed by atoms with E-state index in [9.17, 15) is 36.0 Å². The van der Waals surface area contributed by atoms with Crippen LogP contribution in [0.1, 0.15) is 35.1 Å². The minimum atomic E-state index is -4.87. The summed E-state index contributed by atoms with van der Waals surface area (Å²) in [5.41, 5.74) is 1.32. The van der Waals surface area contributed by atoms with E-state index in [1.54, 1.807) is 26.0 Å². The van der Waals surface area contributed by atoms with Crippen LogP contribution in [0.5, 0.6) is 5.75 Å². The van der Waals surface area contributed by atoms with Gasteiger partial charge in [-0.2, -0.15) is 4.31 Å². The van der Waals surface area contributed by atoms with Gasteiger partial charge in [-0.25, -0.2) is 18.1 Å². The zero-order valence-corrected chi connectivity index (χ0v) is 23.3. The molecule has 4 amide bonds. The summed E-state index contributed by atoms with van der Waals surface area (Å²) >= 11 is 0. The molecule has 0 unspecified atom stereocenters. The van der Waals surface area contributed by atoms with Gasteiger partial charge in [-0.15, -0.1) is 13.2 Å². The van der Waals surface area contributed by atoms with Crippen molar-refractivity contribution in [1.29, 1.82) is 0 Å². The number of anilines is 1. The van der Waals surface area contributed by atoms with Crippen molar-refractivity contribution in [3.05, 3.63) is 64.1 Å². The third-order valence-corrected chi connectivity index (χ3v) is 8.88. The van der Waals surface area contributed by atoms with Crippen molar-refractivity contribution in [2.24, 2.45) is 4.99 Å². The van der Waals surface area contributed by atoms with E-state index in [1.807, 2.05) is 0 Å². The van der Waals surface area contributed by atoms with Crippen LogP contribution in [0.15, 0.2) is 46.8 Å². The molecular weight excluding hydrogens is 579 g/mol. The molecule has 0 aliphatic carbocycles. The molecule has 0 saturated carbocycles. The van der Waals surface area contributed by atoms with Crippen LogP contribution < -0.4 is 20.3 Å². The molecule has 0 atom stereocenters. The summed E-state index contributed by atoms with van der Waals surface area (Å²) in [6.45, 7) is 3.39. The summed E-state index contributed by atoms with van der Waals surface area (Å²) in [4.78, 5) is 42.5. The number of nitrogens with one attached hydrogen (secondary N) is 2. The SMILES string of the molecule is Cc1cc(N2C(=O)CNC2=O)cc(C)c1/C=C/S(=O)(=O)N1CCC2(CC1)N=C(c1cccc(OC(F)(F)F)c1)NC2=O. The number of benzene rings is 2. The molecule has 2 aromatic rings. The van der Waals surface area contributed by atoms with Crippen LogP contribution in [0, 0.1) is 13.8 Å². The molecule has 2 N–H and O–H groups in total. The van der Waals surface area contributed by atoms with Gasteiger partial charge < -0.3 is 15.4 Å². The van der Waals surface area contributed by atoms with Crippen LogP contribution in [-0.2, 0) is 19.6 Å². The highest BCUT2D eigenvalue weighted by molar-refractivity contribution is 7.92. The maximum Gasteiger partial charge on any atom is 0.573 e. The number of nitrogens with zero attached hydrogens (tertiary/aromatic N) is 3. The van der Waals surface area contributed by atoms with E-state index in [-0.39, 0.29) is 49.8 Å². The van der Waals surface area contributed by atoms with Crippen molar-refractivity contribution in [3.8, 4) is 5.75 Å². The molecule has 15 heteroatoms. The lowest BCUT2D eigenvalue weighted by molar-refractivity contribution is -0.274. The zero-order valence-electron chi connectivity index (χ0n) is 22.5. The average Bonchev–Trinajstić information content (AvgIpc) is 3.40. The molecule has 2 aromatic carbocycles. The number of amidine groups is 1. The van der Waals surface area contributed by atoms with Gasteiger partial charge in [0, 0.05) is 24.1 Å². The smallest absolute Gasteiger partial charge is 0.406 e. The molecule has 3 heterocycles. The average molecular weight is 606 g/mol. The minimum Gasteiger partial charge on any atom is -0.406 e. The van der Waals surface area contributed by atoms with Crippen LogP contribution in [-0.4, -0.2) is 67.9 Å². The van der Waals surface area contributed by atoms with Crippen molar-refractivity contribution in [2.75, 3.05) is 24.5 Å². The summed E-state index contributed by atoms with van der Waals surface area (Å²) in [7, 11) is -3.89. The predicted molar refractivity (Wildman–Crippen MR) is 146 cm³/mol. The maximum absolute atomic E-state index is 13.2. The van der Waals surface area contributed by atoms with E-state index >= 15 is 0 Å². The van der Waals surface area contributed by atoms with Crippen LogP contribution >= 0.6 is 0 Å². The molecule has 3 aliphatic rings. The van der Waals surface area contributed by atoms with E-state index in [1.165, 1.54) is 22.5 Å². The largest absolute Gasteiger partial charge is 0.573 e. The summed E-state index contributed by atoms with van der Waals surface area (Å²) in [5, 5.41) is 6.14. The van der Waals surface area contributed by atoms with Crippen molar-refractivity contribution < 1.29 is 40.7 Å². The van der Waals surface area contributed by atoms with Crippen LogP contribution in [0.25, 0.3) is 6.08 Å². The minimum absolute atomic E-state index is 0.00279. The second kappa shape index (κ2) is 10.5. The first-order valence-corrected chi connectivity index (χ1v) is 14.4. The van der Waals surface area contributed by atoms with E-state index in [0.717, 1.165) is 22.4 Å². The van der Waals surface area contributed by atoms with Crippen molar-refractivity contribution in [1.82, 2.24) is 14.9 Å². The molecular formula is C27H26F3N5O6S. The Kier molecular flexibility index (Phi) is 7.35. The first kappa shape index (κ1) is 29.3. The lowest BCUT2D eigenvalue weighted by Gasteiger charge is -2.34. The predicted octanol–water partition coefficient (Wildman–Crippen LogP) is 2.97. The summed E-state index contributed by atoms with van der Waals surface area (Å²) < 4.78 is 69.3. The van der Waals surface area contributed by atoms with E-state index in [2.05, 4.69) is 20.4 Å². The molecule has 0 bridgehead atoms. The number of hydrogen-bond acceptors (Lipinski definition) is 7. The number of carbonyl (C=O) groups excluding carboxylic acids is 3. The van der Waals surface area contributed by atoms with E-state index in [4.69, 9.17) is 0 Å². The van der Waals surface area contributed by atoms with Crippen molar-refractivity contribution in [3.63, 3.8) is 0 Å². The first-order valence-electron chi connectivity index (χ1n) is 12.9. The Morgan fingerprint density at radius 2 is 1.71 bits per heavy atom. The topological polar surface area (TPSA) is 137 Å². The van der Waals surface area contributed by atoms with Gasteiger partial charge in [0.2, 0.25) is 10.0 Å². The summed E-state index contributed by atoms with van der Waals surface area (Å²) in [6.07, 6.45) is -3.27. The number of rotatable bonds is 6. The molecule has 11 nitrogen and oxygen atoms in total. The Morgan fingerprint density at radius 3 is 2.31 bits per heavy atom. The van der Waals surface area contributed by atoms with Gasteiger partial charge in [-0.05, 0) is 73.7 Å². The highest BCUT2D eigenvalue weighted by atomic mass is 32.2. The van der Waals surface area contributed by atoms with Crippen LogP contribution in [0.4, 0.5) is 23.7 Å².